The van der Waals surface area contributed by atoms with Crippen molar-refractivity contribution in [2.24, 2.45) is 0 Å². The Morgan fingerprint density at radius 1 is 1.11 bits per heavy atom. The third-order valence-corrected chi connectivity index (χ3v) is 5.97. The quantitative estimate of drug-likeness (QED) is 0.600. The summed E-state index contributed by atoms with van der Waals surface area (Å²) in [4.78, 5) is 12.1. The zero-order chi connectivity index (χ0) is 18.6. The van der Waals surface area contributed by atoms with E-state index >= 15 is 0 Å². The Bertz CT molecular complexity index is 945. The van der Waals surface area contributed by atoms with Crippen LogP contribution in [0.5, 0.6) is 5.75 Å². The van der Waals surface area contributed by atoms with Gasteiger partial charge in [0.1, 0.15) is 18.1 Å². The normalized spacial score (nSPS) is 16.6. The second-order valence-electron chi connectivity index (χ2n) is 6.25. The van der Waals surface area contributed by atoms with Gasteiger partial charge in [-0.2, -0.15) is 0 Å². The van der Waals surface area contributed by atoms with Gasteiger partial charge in [-0.3, -0.25) is 9.36 Å². The van der Waals surface area contributed by atoms with Gasteiger partial charge in [0.15, 0.2) is 11.0 Å². The maximum atomic E-state index is 12.1. The lowest BCUT2D eigenvalue weighted by Gasteiger charge is -2.13. The lowest BCUT2D eigenvalue weighted by Crippen LogP contribution is -2.11. The van der Waals surface area contributed by atoms with Crippen molar-refractivity contribution >= 4 is 29.1 Å². The number of rotatable bonds is 6. The smallest absolute Gasteiger partial charge is 0.196 e. The van der Waals surface area contributed by atoms with E-state index in [9.17, 15) is 4.79 Å². The first-order valence-electron chi connectivity index (χ1n) is 8.79. The van der Waals surface area contributed by atoms with Crippen molar-refractivity contribution in [1.82, 2.24) is 14.8 Å². The Morgan fingerprint density at radius 2 is 1.89 bits per heavy atom. The number of Topliss-reactive ketones (excluding diaryl/α,β-unsaturated/α-hetero) is 1. The predicted octanol–water partition coefficient (Wildman–Crippen LogP) is 4.71. The summed E-state index contributed by atoms with van der Waals surface area (Å²) >= 11 is 7.66. The van der Waals surface area contributed by atoms with E-state index in [0.717, 1.165) is 18.5 Å². The Morgan fingerprint density at radius 3 is 2.63 bits per heavy atom. The van der Waals surface area contributed by atoms with Crippen molar-refractivity contribution in [2.75, 3.05) is 0 Å². The summed E-state index contributed by atoms with van der Waals surface area (Å²) in [6, 6.07) is 17.2. The average molecular weight is 400 g/mol. The van der Waals surface area contributed by atoms with Crippen LogP contribution in [0, 0.1) is 0 Å². The molecule has 5 nitrogen and oxygen atoms in total. The SMILES string of the molecule is O=C1CCC[C@@H]1Sc1nnc(COc2ccccc2Cl)n1-c1ccccc1. The fourth-order valence-corrected chi connectivity index (χ4v) is 4.43. The first-order chi connectivity index (χ1) is 13.2. The van der Waals surface area contributed by atoms with E-state index in [1.165, 1.54) is 11.8 Å². The molecule has 1 saturated carbocycles. The standard InChI is InChI=1S/C20H18ClN3O2S/c21-15-9-4-5-11-17(15)26-13-19-22-23-20(27-18-12-6-10-16(18)25)24(19)14-7-2-1-3-8-14/h1-5,7-9,11,18H,6,10,12-13H2/t18-/m0/s1. The molecule has 1 atom stereocenters. The molecule has 4 rings (SSSR count). The summed E-state index contributed by atoms with van der Waals surface area (Å²) < 4.78 is 7.81. The van der Waals surface area contributed by atoms with Crippen LogP contribution in [0.15, 0.2) is 59.8 Å². The van der Waals surface area contributed by atoms with E-state index in [-0.39, 0.29) is 17.6 Å². The van der Waals surface area contributed by atoms with Crippen LogP contribution < -0.4 is 4.74 Å². The minimum absolute atomic E-state index is 0.0472. The van der Waals surface area contributed by atoms with E-state index < -0.39 is 0 Å². The lowest BCUT2D eigenvalue weighted by molar-refractivity contribution is -0.116. The number of hydrogen-bond donors (Lipinski definition) is 0. The van der Waals surface area contributed by atoms with Gasteiger partial charge in [-0.05, 0) is 37.1 Å². The van der Waals surface area contributed by atoms with Crippen LogP contribution in [0.25, 0.3) is 5.69 Å². The monoisotopic (exact) mass is 399 g/mol. The number of thioether (sulfide) groups is 1. The molecule has 0 unspecified atom stereocenters. The topological polar surface area (TPSA) is 57.0 Å². The molecule has 27 heavy (non-hydrogen) atoms. The van der Waals surface area contributed by atoms with Crippen molar-refractivity contribution < 1.29 is 9.53 Å². The number of benzene rings is 2. The second-order valence-corrected chi connectivity index (χ2v) is 7.83. The molecule has 0 spiro atoms. The maximum absolute atomic E-state index is 12.1. The molecule has 1 heterocycles. The van der Waals surface area contributed by atoms with Gasteiger partial charge in [-0.1, -0.05) is 53.7 Å². The Hall–Kier alpha value is -2.31. The minimum Gasteiger partial charge on any atom is -0.484 e. The zero-order valence-corrected chi connectivity index (χ0v) is 16.1. The largest absolute Gasteiger partial charge is 0.484 e. The highest BCUT2D eigenvalue weighted by molar-refractivity contribution is 8.00. The van der Waals surface area contributed by atoms with Crippen LogP contribution in [0.1, 0.15) is 25.1 Å². The van der Waals surface area contributed by atoms with Crippen LogP contribution in [0.3, 0.4) is 0 Å². The summed E-state index contributed by atoms with van der Waals surface area (Å²) in [5.74, 6) is 1.55. The number of ketones is 1. The van der Waals surface area contributed by atoms with Gasteiger partial charge in [0.05, 0.1) is 10.3 Å². The fourth-order valence-electron chi connectivity index (χ4n) is 3.05. The number of para-hydroxylation sites is 2. The Balaban J connectivity index is 1.63. The van der Waals surface area contributed by atoms with Crippen LogP contribution in [-0.4, -0.2) is 25.8 Å². The molecule has 0 amide bonds. The summed E-state index contributed by atoms with van der Waals surface area (Å²) in [5.41, 5.74) is 0.938. The molecule has 1 aliphatic carbocycles. The number of aromatic nitrogens is 3. The molecule has 3 aromatic rings. The number of halogens is 1. The highest BCUT2D eigenvalue weighted by atomic mass is 35.5. The van der Waals surface area contributed by atoms with Crippen LogP contribution in [-0.2, 0) is 11.4 Å². The van der Waals surface area contributed by atoms with Crippen molar-refractivity contribution in [3.8, 4) is 11.4 Å². The lowest BCUT2D eigenvalue weighted by atomic mass is 10.3. The van der Waals surface area contributed by atoms with Crippen molar-refractivity contribution in [3.05, 3.63) is 65.4 Å². The van der Waals surface area contributed by atoms with E-state index in [0.29, 0.717) is 28.2 Å². The molecule has 0 N–H and O–H groups in total. The predicted molar refractivity (Wildman–Crippen MR) is 106 cm³/mol. The van der Waals surface area contributed by atoms with Gasteiger partial charge in [-0.25, -0.2) is 0 Å². The second kappa shape index (κ2) is 8.15. The summed E-state index contributed by atoms with van der Waals surface area (Å²) in [7, 11) is 0. The molecule has 0 bridgehead atoms. The number of nitrogens with zero attached hydrogens (tertiary/aromatic N) is 3. The molecular weight excluding hydrogens is 382 g/mol. The first kappa shape index (κ1) is 18.1. The van der Waals surface area contributed by atoms with Crippen molar-refractivity contribution in [3.63, 3.8) is 0 Å². The van der Waals surface area contributed by atoms with Gasteiger partial charge in [0.25, 0.3) is 0 Å². The van der Waals surface area contributed by atoms with Crippen LogP contribution >= 0.6 is 23.4 Å². The van der Waals surface area contributed by atoms with E-state index in [4.69, 9.17) is 16.3 Å². The van der Waals surface area contributed by atoms with Crippen LogP contribution in [0.4, 0.5) is 0 Å². The van der Waals surface area contributed by atoms with Crippen molar-refractivity contribution in [1.29, 1.82) is 0 Å². The molecule has 1 fully saturated rings. The highest BCUT2D eigenvalue weighted by Crippen LogP contribution is 2.33. The first-order valence-corrected chi connectivity index (χ1v) is 10.0. The molecule has 2 aromatic carbocycles. The Labute approximate surface area is 166 Å². The molecule has 0 radical (unpaired) electrons. The van der Waals surface area contributed by atoms with E-state index in [1.807, 2.05) is 53.1 Å². The van der Waals surface area contributed by atoms with Gasteiger partial charge in [0, 0.05) is 12.1 Å². The minimum atomic E-state index is -0.0472. The summed E-state index contributed by atoms with van der Waals surface area (Å²) in [5, 5.41) is 9.86. The Kier molecular flexibility index (Phi) is 5.45. The van der Waals surface area contributed by atoms with Gasteiger partial charge in [0.2, 0.25) is 0 Å². The van der Waals surface area contributed by atoms with E-state index in [1.54, 1.807) is 6.07 Å². The highest BCUT2D eigenvalue weighted by Gasteiger charge is 2.28. The van der Waals surface area contributed by atoms with Crippen LogP contribution in [0.2, 0.25) is 5.02 Å². The molecular formula is C20H18ClN3O2S. The van der Waals surface area contributed by atoms with Gasteiger partial charge >= 0.3 is 0 Å². The molecule has 0 saturated heterocycles. The maximum Gasteiger partial charge on any atom is 0.196 e. The number of carbonyl (C=O) groups is 1. The molecule has 138 valence electrons. The van der Waals surface area contributed by atoms with E-state index in [2.05, 4.69) is 10.2 Å². The fraction of sp³-hybridized carbons (Fsp3) is 0.250. The number of ether oxygens (including phenoxy) is 1. The summed E-state index contributed by atoms with van der Waals surface area (Å²) in [6.07, 6.45) is 2.48. The average Bonchev–Trinajstić information content (AvgIpc) is 3.28. The molecule has 0 aliphatic heterocycles. The van der Waals surface area contributed by atoms with Gasteiger partial charge in [-0.15, -0.1) is 10.2 Å². The van der Waals surface area contributed by atoms with Crippen molar-refractivity contribution in [2.45, 2.75) is 36.3 Å². The van der Waals surface area contributed by atoms with Gasteiger partial charge < -0.3 is 4.74 Å². The molecule has 7 heteroatoms. The summed E-state index contributed by atoms with van der Waals surface area (Å²) in [6.45, 7) is 0.227. The third-order valence-electron chi connectivity index (χ3n) is 4.40. The molecule has 1 aliphatic rings. The number of hydrogen-bond acceptors (Lipinski definition) is 5. The third kappa shape index (κ3) is 4.01. The zero-order valence-electron chi connectivity index (χ0n) is 14.5. The number of carbonyl (C=O) groups excluding carboxylic acids is 1. The molecule has 1 aromatic heterocycles.